The summed E-state index contributed by atoms with van der Waals surface area (Å²) in [6.45, 7) is 5.49. The number of amides is 1. The molecule has 1 atom stereocenters. The summed E-state index contributed by atoms with van der Waals surface area (Å²) in [6, 6.07) is 3.36. The molecule has 0 saturated heterocycles. The predicted octanol–water partition coefficient (Wildman–Crippen LogP) is 2.55. The van der Waals surface area contributed by atoms with Crippen LogP contribution < -0.4 is 5.32 Å². The Balaban J connectivity index is 2.61. The number of aliphatic hydroxyl groups is 1. The van der Waals surface area contributed by atoms with E-state index < -0.39 is 23.3 Å². The van der Waals surface area contributed by atoms with Crippen LogP contribution in [0, 0.1) is 17.0 Å². The summed E-state index contributed by atoms with van der Waals surface area (Å²) >= 11 is 0. The number of carbonyl (C=O) groups is 1. The van der Waals surface area contributed by atoms with Crippen LogP contribution in [0.1, 0.15) is 38.9 Å². The van der Waals surface area contributed by atoms with Gasteiger partial charge in [-0.2, -0.15) is 0 Å². The lowest BCUT2D eigenvalue weighted by Crippen LogP contribution is -2.31. The molecule has 5 heteroatoms. The fourth-order valence-corrected chi connectivity index (χ4v) is 1.69. The molecule has 0 fully saturated rings. The molecular weight excluding hydrogens is 252 g/mol. The van der Waals surface area contributed by atoms with Crippen LogP contribution >= 0.6 is 0 Å². The first kappa shape index (κ1) is 15.6. The minimum atomic E-state index is -1.40. The van der Waals surface area contributed by atoms with Crippen LogP contribution in [0.25, 0.3) is 0 Å². The van der Waals surface area contributed by atoms with Crippen molar-refractivity contribution in [2.45, 2.75) is 33.3 Å². The highest BCUT2D eigenvalue weighted by molar-refractivity contribution is 5.76. The van der Waals surface area contributed by atoms with Crippen LogP contribution in [0.2, 0.25) is 0 Å². The van der Waals surface area contributed by atoms with Gasteiger partial charge in [-0.1, -0.05) is 26.8 Å². The molecule has 106 valence electrons. The van der Waals surface area contributed by atoms with Gasteiger partial charge in [0.25, 0.3) is 0 Å². The van der Waals surface area contributed by atoms with E-state index in [1.54, 1.807) is 0 Å². The Kier molecular flexibility index (Phi) is 5.00. The maximum absolute atomic E-state index is 13.4. The number of hydrogen-bond acceptors (Lipinski definition) is 2. The lowest BCUT2D eigenvalue weighted by molar-refractivity contribution is -0.123. The van der Waals surface area contributed by atoms with Gasteiger partial charge >= 0.3 is 0 Å². The van der Waals surface area contributed by atoms with Gasteiger partial charge in [-0.05, 0) is 17.5 Å². The zero-order valence-corrected chi connectivity index (χ0v) is 11.3. The summed E-state index contributed by atoms with van der Waals surface area (Å²) in [6.07, 6.45) is -1.12. The lowest BCUT2D eigenvalue weighted by Gasteiger charge is -2.19. The van der Waals surface area contributed by atoms with E-state index in [1.807, 2.05) is 20.8 Å². The highest BCUT2D eigenvalue weighted by Crippen LogP contribution is 2.21. The fourth-order valence-electron chi connectivity index (χ4n) is 1.69. The average Bonchev–Trinajstić information content (AvgIpc) is 2.23. The van der Waals surface area contributed by atoms with Crippen molar-refractivity contribution in [3.8, 4) is 0 Å². The zero-order chi connectivity index (χ0) is 14.6. The second-order valence-corrected chi connectivity index (χ2v) is 5.69. The Labute approximate surface area is 111 Å². The molecule has 0 aliphatic carbocycles. The minimum Gasteiger partial charge on any atom is -0.386 e. The lowest BCUT2D eigenvalue weighted by atomic mass is 9.92. The molecule has 0 saturated carbocycles. The smallest absolute Gasteiger partial charge is 0.220 e. The van der Waals surface area contributed by atoms with Gasteiger partial charge < -0.3 is 10.4 Å². The van der Waals surface area contributed by atoms with Gasteiger partial charge in [0, 0.05) is 13.0 Å². The number of halogens is 2. The summed E-state index contributed by atoms with van der Waals surface area (Å²) in [7, 11) is 0. The Morgan fingerprint density at radius 2 is 1.84 bits per heavy atom. The van der Waals surface area contributed by atoms with E-state index in [-0.39, 0.29) is 24.3 Å². The number of nitrogens with one attached hydrogen (secondary N) is 1. The van der Waals surface area contributed by atoms with E-state index in [4.69, 9.17) is 0 Å². The van der Waals surface area contributed by atoms with E-state index in [2.05, 4.69) is 5.32 Å². The van der Waals surface area contributed by atoms with Gasteiger partial charge in [0.15, 0.2) is 0 Å². The molecule has 0 aliphatic rings. The Hall–Kier alpha value is -1.49. The molecule has 1 amide bonds. The highest BCUT2D eigenvalue weighted by Gasteiger charge is 2.20. The molecule has 0 aromatic heterocycles. The zero-order valence-electron chi connectivity index (χ0n) is 11.3. The molecule has 0 spiro atoms. The molecule has 0 heterocycles. The van der Waals surface area contributed by atoms with E-state index in [0.717, 1.165) is 12.1 Å². The summed E-state index contributed by atoms with van der Waals surface area (Å²) < 4.78 is 26.8. The van der Waals surface area contributed by atoms with Crippen LogP contribution in [0.5, 0.6) is 0 Å². The van der Waals surface area contributed by atoms with Crippen LogP contribution in [-0.4, -0.2) is 17.6 Å². The number of aliphatic hydroxyl groups excluding tert-OH is 1. The van der Waals surface area contributed by atoms with Gasteiger partial charge in [-0.25, -0.2) is 8.78 Å². The van der Waals surface area contributed by atoms with E-state index in [1.165, 1.54) is 6.07 Å². The maximum Gasteiger partial charge on any atom is 0.220 e. The third-order valence-corrected chi connectivity index (χ3v) is 2.52. The summed E-state index contributed by atoms with van der Waals surface area (Å²) in [5.74, 6) is -1.90. The van der Waals surface area contributed by atoms with Crippen molar-refractivity contribution in [2.24, 2.45) is 5.41 Å². The van der Waals surface area contributed by atoms with Crippen molar-refractivity contribution < 1.29 is 18.7 Å². The van der Waals surface area contributed by atoms with Crippen LogP contribution in [0.15, 0.2) is 18.2 Å². The molecule has 1 aromatic carbocycles. The largest absolute Gasteiger partial charge is 0.386 e. The molecule has 19 heavy (non-hydrogen) atoms. The quantitative estimate of drug-likeness (QED) is 0.884. The average molecular weight is 271 g/mol. The van der Waals surface area contributed by atoms with Gasteiger partial charge in [0.1, 0.15) is 17.7 Å². The number of benzene rings is 1. The predicted molar refractivity (Wildman–Crippen MR) is 68.4 cm³/mol. The standard InChI is InChI=1S/C14H19F2NO2/c1-14(2,3)7-12(19)17-8-11(18)13-9(15)5-4-6-10(13)16/h4-6,11,18H,7-8H2,1-3H3,(H,17,19)/t11-/m0/s1. The molecule has 3 nitrogen and oxygen atoms in total. The van der Waals surface area contributed by atoms with Gasteiger partial charge in [-0.3, -0.25) is 4.79 Å². The normalized spacial score (nSPS) is 13.2. The molecule has 0 radical (unpaired) electrons. The third-order valence-electron chi connectivity index (χ3n) is 2.52. The first-order chi connectivity index (χ1) is 8.70. The number of carbonyl (C=O) groups excluding carboxylic acids is 1. The van der Waals surface area contributed by atoms with Crippen molar-refractivity contribution in [1.82, 2.24) is 5.32 Å². The topological polar surface area (TPSA) is 49.3 Å². The Morgan fingerprint density at radius 1 is 1.32 bits per heavy atom. The van der Waals surface area contributed by atoms with Crippen molar-refractivity contribution in [3.63, 3.8) is 0 Å². The first-order valence-electron chi connectivity index (χ1n) is 6.09. The minimum absolute atomic E-state index is 0.182. The van der Waals surface area contributed by atoms with Crippen LogP contribution in [0.4, 0.5) is 8.78 Å². The molecule has 1 aromatic rings. The van der Waals surface area contributed by atoms with Crippen molar-refractivity contribution in [1.29, 1.82) is 0 Å². The van der Waals surface area contributed by atoms with Gasteiger partial charge in [0.05, 0.1) is 5.56 Å². The molecule has 0 bridgehead atoms. The number of hydrogen-bond donors (Lipinski definition) is 2. The second kappa shape index (κ2) is 6.10. The van der Waals surface area contributed by atoms with E-state index in [9.17, 15) is 18.7 Å². The van der Waals surface area contributed by atoms with Gasteiger partial charge in [-0.15, -0.1) is 0 Å². The fraction of sp³-hybridized carbons (Fsp3) is 0.500. The first-order valence-corrected chi connectivity index (χ1v) is 6.09. The van der Waals surface area contributed by atoms with E-state index in [0.29, 0.717) is 0 Å². The Bertz CT molecular complexity index is 435. The maximum atomic E-state index is 13.4. The molecule has 2 N–H and O–H groups in total. The van der Waals surface area contributed by atoms with Crippen LogP contribution in [0.3, 0.4) is 0 Å². The molecular formula is C14H19F2NO2. The third kappa shape index (κ3) is 4.95. The summed E-state index contributed by atoms with van der Waals surface area (Å²) in [5.41, 5.74) is -0.600. The van der Waals surface area contributed by atoms with Crippen molar-refractivity contribution in [2.75, 3.05) is 6.54 Å². The van der Waals surface area contributed by atoms with Crippen LogP contribution in [-0.2, 0) is 4.79 Å². The van der Waals surface area contributed by atoms with Crippen molar-refractivity contribution in [3.05, 3.63) is 35.4 Å². The number of rotatable bonds is 4. The van der Waals surface area contributed by atoms with E-state index >= 15 is 0 Å². The molecule has 0 unspecified atom stereocenters. The second-order valence-electron chi connectivity index (χ2n) is 5.69. The molecule has 0 aliphatic heterocycles. The summed E-state index contributed by atoms with van der Waals surface area (Å²) in [4.78, 5) is 11.6. The molecule has 1 rings (SSSR count). The highest BCUT2D eigenvalue weighted by atomic mass is 19.1. The monoisotopic (exact) mass is 271 g/mol. The Morgan fingerprint density at radius 3 is 2.32 bits per heavy atom. The van der Waals surface area contributed by atoms with Crippen molar-refractivity contribution >= 4 is 5.91 Å². The SMILES string of the molecule is CC(C)(C)CC(=O)NC[C@H](O)c1c(F)cccc1F. The summed E-state index contributed by atoms with van der Waals surface area (Å²) in [5, 5.41) is 12.2. The van der Waals surface area contributed by atoms with Gasteiger partial charge in [0.2, 0.25) is 5.91 Å².